The van der Waals surface area contributed by atoms with Crippen LogP contribution in [0.1, 0.15) is 43.3 Å². The Bertz CT molecular complexity index is 971. The van der Waals surface area contributed by atoms with Crippen molar-refractivity contribution in [3.05, 3.63) is 71.5 Å². The van der Waals surface area contributed by atoms with E-state index in [1.807, 2.05) is 35.0 Å². The number of fused-ring (bicyclic) bond motifs is 1. The number of thioether (sulfide) groups is 1. The van der Waals surface area contributed by atoms with Gasteiger partial charge in [0.2, 0.25) is 11.1 Å². The third-order valence-corrected chi connectivity index (χ3v) is 6.24. The molecule has 4 rings (SSSR count). The molecule has 29 heavy (non-hydrogen) atoms. The SMILES string of the molecule is CCCc1nnc2n1N[C@H](c1ccc(CC)cc1)[C@H](C(=O)Nc1ccccc1)S2. The molecule has 0 unspecified atom stereocenters. The van der Waals surface area contributed by atoms with Crippen molar-refractivity contribution in [1.82, 2.24) is 14.9 Å². The fourth-order valence-corrected chi connectivity index (χ4v) is 4.53. The van der Waals surface area contributed by atoms with Gasteiger partial charge in [-0.25, -0.2) is 4.68 Å². The third kappa shape index (κ3) is 4.15. The van der Waals surface area contributed by atoms with Crippen LogP contribution in [0, 0.1) is 0 Å². The van der Waals surface area contributed by atoms with Gasteiger partial charge in [0.1, 0.15) is 5.25 Å². The van der Waals surface area contributed by atoms with Crippen molar-refractivity contribution in [3.63, 3.8) is 0 Å². The van der Waals surface area contributed by atoms with Crippen LogP contribution in [0.15, 0.2) is 59.8 Å². The van der Waals surface area contributed by atoms with Crippen molar-refractivity contribution in [2.45, 2.75) is 49.6 Å². The van der Waals surface area contributed by atoms with Gasteiger partial charge in [-0.3, -0.25) is 4.79 Å². The largest absolute Gasteiger partial charge is 0.325 e. The molecule has 0 spiro atoms. The van der Waals surface area contributed by atoms with Gasteiger partial charge in [0.05, 0.1) is 6.04 Å². The van der Waals surface area contributed by atoms with Gasteiger partial charge in [0.25, 0.3) is 0 Å². The molecule has 1 amide bonds. The van der Waals surface area contributed by atoms with Gasteiger partial charge < -0.3 is 10.7 Å². The molecule has 7 heteroatoms. The number of aromatic nitrogens is 3. The highest BCUT2D eigenvalue weighted by Crippen LogP contribution is 2.37. The summed E-state index contributed by atoms with van der Waals surface area (Å²) in [6.45, 7) is 4.26. The quantitative estimate of drug-likeness (QED) is 0.641. The highest BCUT2D eigenvalue weighted by atomic mass is 32.2. The molecule has 0 aliphatic carbocycles. The molecule has 1 aliphatic rings. The maximum atomic E-state index is 13.2. The first kappa shape index (κ1) is 19.5. The van der Waals surface area contributed by atoms with Crippen molar-refractivity contribution in [1.29, 1.82) is 0 Å². The summed E-state index contributed by atoms with van der Waals surface area (Å²) >= 11 is 1.46. The number of hydrogen-bond acceptors (Lipinski definition) is 5. The van der Waals surface area contributed by atoms with Gasteiger partial charge in [0.15, 0.2) is 5.82 Å². The maximum Gasteiger partial charge on any atom is 0.240 e. The number of carbonyl (C=O) groups is 1. The summed E-state index contributed by atoms with van der Waals surface area (Å²) in [5.74, 6) is 0.844. The van der Waals surface area contributed by atoms with Crippen LogP contribution >= 0.6 is 11.8 Å². The van der Waals surface area contributed by atoms with E-state index in [4.69, 9.17) is 0 Å². The first-order chi connectivity index (χ1) is 14.2. The lowest BCUT2D eigenvalue weighted by Gasteiger charge is -2.33. The number of amides is 1. The molecule has 1 aromatic heterocycles. The predicted molar refractivity (Wildman–Crippen MR) is 117 cm³/mol. The Labute approximate surface area is 175 Å². The van der Waals surface area contributed by atoms with Crippen LogP contribution in [-0.4, -0.2) is 26.0 Å². The van der Waals surface area contributed by atoms with Crippen molar-refractivity contribution in [3.8, 4) is 0 Å². The molecular weight excluding hydrogens is 382 g/mol. The van der Waals surface area contributed by atoms with Gasteiger partial charge in [-0.1, -0.05) is 68.1 Å². The number of anilines is 1. The number of aryl methyl sites for hydroxylation is 2. The smallest absolute Gasteiger partial charge is 0.240 e. The Morgan fingerprint density at radius 1 is 1.10 bits per heavy atom. The lowest BCUT2D eigenvalue weighted by molar-refractivity contribution is -0.116. The first-order valence-electron chi connectivity index (χ1n) is 10.0. The van der Waals surface area contributed by atoms with E-state index in [0.717, 1.165) is 41.5 Å². The van der Waals surface area contributed by atoms with Gasteiger partial charge >= 0.3 is 0 Å². The van der Waals surface area contributed by atoms with Crippen LogP contribution in [0.4, 0.5) is 5.69 Å². The molecule has 0 fully saturated rings. The minimum atomic E-state index is -0.367. The highest BCUT2D eigenvalue weighted by Gasteiger charge is 2.37. The number of hydrogen-bond donors (Lipinski definition) is 2. The van der Waals surface area contributed by atoms with E-state index in [1.54, 1.807) is 0 Å². The molecule has 0 radical (unpaired) electrons. The Hall–Kier alpha value is -2.80. The average Bonchev–Trinajstić information content (AvgIpc) is 3.16. The average molecular weight is 408 g/mol. The second kappa shape index (κ2) is 8.69. The molecule has 0 saturated carbocycles. The van der Waals surface area contributed by atoms with Crippen molar-refractivity contribution in [2.75, 3.05) is 10.7 Å². The zero-order chi connectivity index (χ0) is 20.2. The van der Waals surface area contributed by atoms with E-state index in [-0.39, 0.29) is 17.2 Å². The van der Waals surface area contributed by atoms with Gasteiger partial charge in [-0.05, 0) is 36.1 Å². The molecule has 0 saturated heterocycles. The van der Waals surface area contributed by atoms with Crippen LogP contribution < -0.4 is 10.7 Å². The van der Waals surface area contributed by atoms with E-state index in [2.05, 4.69) is 59.1 Å². The van der Waals surface area contributed by atoms with Crippen LogP contribution in [0.2, 0.25) is 0 Å². The van der Waals surface area contributed by atoms with Crippen molar-refractivity contribution < 1.29 is 4.79 Å². The zero-order valence-corrected chi connectivity index (χ0v) is 17.4. The van der Waals surface area contributed by atoms with E-state index in [0.29, 0.717) is 0 Å². The predicted octanol–water partition coefficient (Wildman–Crippen LogP) is 4.19. The summed E-state index contributed by atoms with van der Waals surface area (Å²) in [5.41, 5.74) is 6.65. The molecule has 150 valence electrons. The molecule has 3 aromatic rings. The van der Waals surface area contributed by atoms with Gasteiger partial charge in [-0.2, -0.15) is 0 Å². The van der Waals surface area contributed by atoms with E-state index >= 15 is 0 Å². The number of nitrogens with zero attached hydrogens (tertiary/aromatic N) is 3. The van der Waals surface area contributed by atoms with Gasteiger partial charge in [0, 0.05) is 12.1 Å². The molecule has 6 nitrogen and oxygen atoms in total. The Morgan fingerprint density at radius 3 is 2.55 bits per heavy atom. The summed E-state index contributed by atoms with van der Waals surface area (Å²) < 4.78 is 1.94. The second-order valence-electron chi connectivity index (χ2n) is 7.08. The van der Waals surface area contributed by atoms with Crippen LogP contribution in [-0.2, 0) is 17.6 Å². The van der Waals surface area contributed by atoms with Crippen LogP contribution in [0.5, 0.6) is 0 Å². The fourth-order valence-electron chi connectivity index (χ4n) is 3.43. The normalized spacial score (nSPS) is 18.0. The monoisotopic (exact) mass is 407 g/mol. The minimum Gasteiger partial charge on any atom is -0.325 e. The number of rotatable bonds is 6. The summed E-state index contributed by atoms with van der Waals surface area (Å²) in [5, 5.41) is 12.0. The van der Waals surface area contributed by atoms with Crippen molar-refractivity contribution in [2.24, 2.45) is 0 Å². The standard InChI is InChI=1S/C22H25N5OS/c1-3-8-18-24-25-22-27(18)26-19(16-13-11-15(4-2)12-14-16)20(29-22)21(28)23-17-9-6-5-7-10-17/h5-7,9-14,19-20,26H,3-4,8H2,1-2H3,(H,23,28)/t19-,20-/m1/s1. The topological polar surface area (TPSA) is 71.8 Å². The Morgan fingerprint density at radius 2 is 1.86 bits per heavy atom. The summed E-state index contributed by atoms with van der Waals surface area (Å²) in [6, 6.07) is 17.8. The third-order valence-electron chi connectivity index (χ3n) is 5.02. The summed E-state index contributed by atoms with van der Waals surface area (Å²) in [7, 11) is 0. The number of para-hydroxylation sites is 1. The maximum absolute atomic E-state index is 13.2. The van der Waals surface area contributed by atoms with E-state index in [1.165, 1.54) is 17.3 Å². The van der Waals surface area contributed by atoms with Crippen LogP contribution in [0.25, 0.3) is 0 Å². The summed E-state index contributed by atoms with van der Waals surface area (Å²) in [6.07, 6.45) is 2.81. The lowest BCUT2D eigenvalue weighted by Crippen LogP contribution is -2.41. The lowest BCUT2D eigenvalue weighted by atomic mass is 10.0. The fraction of sp³-hybridized carbons (Fsp3) is 0.318. The molecule has 2 atom stereocenters. The van der Waals surface area contributed by atoms with Gasteiger partial charge in [-0.15, -0.1) is 10.2 Å². The molecule has 0 bridgehead atoms. The minimum absolute atomic E-state index is 0.0513. The molecule has 2 heterocycles. The number of carbonyl (C=O) groups excluding carboxylic acids is 1. The molecule has 1 aliphatic heterocycles. The second-order valence-corrected chi connectivity index (χ2v) is 8.19. The van der Waals surface area contributed by atoms with Crippen molar-refractivity contribution >= 4 is 23.4 Å². The Kier molecular flexibility index (Phi) is 5.85. The first-order valence-corrected chi connectivity index (χ1v) is 10.9. The van der Waals surface area contributed by atoms with E-state index < -0.39 is 0 Å². The molecule has 2 aromatic carbocycles. The summed E-state index contributed by atoms with van der Waals surface area (Å²) in [4.78, 5) is 13.2. The number of nitrogens with one attached hydrogen (secondary N) is 2. The Balaban J connectivity index is 1.66. The van der Waals surface area contributed by atoms with E-state index in [9.17, 15) is 4.79 Å². The zero-order valence-electron chi connectivity index (χ0n) is 16.6. The molecular formula is C22H25N5OS. The van der Waals surface area contributed by atoms with Crippen LogP contribution in [0.3, 0.4) is 0 Å². The molecule has 2 N–H and O–H groups in total. The number of benzene rings is 2. The highest BCUT2D eigenvalue weighted by molar-refractivity contribution is 8.00.